The summed E-state index contributed by atoms with van der Waals surface area (Å²) >= 11 is 1.61. The highest BCUT2D eigenvalue weighted by Gasteiger charge is 2.54. The number of fused-ring (bicyclic) bond motifs is 2. The molecule has 1 aliphatic carbocycles. The van der Waals surface area contributed by atoms with Crippen LogP contribution in [-0.4, -0.2) is 29.3 Å². The summed E-state index contributed by atoms with van der Waals surface area (Å²) in [6.45, 7) is 3.81. The molecule has 2 N–H and O–H groups in total. The van der Waals surface area contributed by atoms with E-state index in [1.807, 2.05) is 49.6 Å². The highest BCUT2D eigenvalue weighted by atomic mass is 32.1. The highest BCUT2D eigenvalue weighted by molar-refractivity contribution is 7.10. The smallest absolute Gasteiger partial charge is 0.324 e. The first kappa shape index (κ1) is 18.7. The molecule has 1 spiro atoms. The predicted octanol–water partition coefficient (Wildman–Crippen LogP) is 3.59. The van der Waals surface area contributed by atoms with Crippen molar-refractivity contribution in [2.45, 2.75) is 44.6 Å². The molecule has 4 amide bonds. The van der Waals surface area contributed by atoms with E-state index >= 15 is 0 Å². The largest absolute Gasteiger partial charge is 0.325 e. The molecule has 7 heteroatoms. The zero-order valence-electron chi connectivity index (χ0n) is 16.0. The van der Waals surface area contributed by atoms with E-state index in [1.165, 1.54) is 0 Å². The van der Waals surface area contributed by atoms with Gasteiger partial charge in [-0.3, -0.25) is 14.5 Å². The van der Waals surface area contributed by atoms with E-state index in [4.69, 9.17) is 0 Å². The van der Waals surface area contributed by atoms with Crippen molar-refractivity contribution in [3.05, 3.63) is 51.7 Å². The molecular formula is C21H23N3O3S. The molecule has 2 heterocycles. The van der Waals surface area contributed by atoms with Crippen molar-refractivity contribution in [3.8, 4) is 0 Å². The second-order valence-corrected chi connectivity index (χ2v) is 8.63. The Kier molecular flexibility index (Phi) is 4.71. The third kappa shape index (κ3) is 2.99. The van der Waals surface area contributed by atoms with Crippen LogP contribution < -0.4 is 10.6 Å². The van der Waals surface area contributed by atoms with Crippen LogP contribution in [0.5, 0.6) is 0 Å². The number of aryl methyl sites for hydroxylation is 1. The number of nitrogens with zero attached hydrogens (tertiary/aromatic N) is 1. The highest BCUT2D eigenvalue weighted by Crippen LogP contribution is 2.42. The van der Waals surface area contributed by atoms with Crippen LogP contribution >= 0.6 is 11.3 Å². The number of thiophene rings is 1. The number of rotatable bonds is 4. The minimum Gasteiger partial charge on any atom is -0.324 e. The first-order chi connectivity index (χ1) is 13.4. The van der Waals surface area contributed by atoms with Gasteiger partial charge in [-0.1, -0.05) is 32.0 Å². The quantitative estimate of drug-likeness (QED) is 0.774. The van der Waals surface area contributed by atoms with Crippen LogP contribution in [0.25, 0.3) is 0 Å². The van der Waals surface area contributed by atoms with E-state index in [-0.39, 0.29) is 24.3 Å². The number of para-hydroxylation sites is 1. The molecule has 0 bridgehead atoms. The van der Waals surface area contributed by atoms with Crippen molar-refractivity contribution >= 4 is 34.9 Å². The van der Waals surface area contributed by atoms with E-state index in [0.717, 1.165) is 33.7 Å². The van der Waals surface area contributed by atoms with Crippen LogP contribution in [0.4, 0.5) is 10.5 Å². The molecule has 2 aliphatic rings. The molecule has 1 saturated heterocycles. The Morgan fingerprint density at radius 1 is 1.29 bits per heavy atom. The number of hydrogen-bond acceptors (Lipinski definition) is 4. The van der Waals surface area contributed by atoms with Crippen LogP contribution in [0.2, 0.25) is 0 Å². The fraction of sp³-hybridized carbons (Fsp3) is 0.381. The lowest BCUT2D eigenvalue weighted by Crippen LogP contribution is -2.46. The van der Waals surface area contributed by atoms with Gasteiger partial charge in [-0.15, -0.1) is 11.3 Å². The molecular weight excluding hydrogens is 374 g/mol. The molecule has 1 fully saturated rings. The van der Waals surface area contributed by atoms with Crippen molar-refractivity contribution in [2.24, 2.45) is 0 Å². The number of nitrogens with one attached hydrogen (secondary N) is 2. The average molecular weight is 398 g/mol. The van der Waals surface area contributed by atoms with Crippen molar-refractivity contribution in [1.82, 2.24) is 10.2 Å². The van der Waals surface area contributed by atoms with Crippen LogP contribution in [0.3, 0.4) is 0 Å². The fourth-order valence-corrected chi connectivity index (χ4v) is 5.13. The summed E-state index contributed by atoms with van der Waals surface area (Å²) in [5, 5.41) is 7.68. The van der Waals surface area contributed by atoms with Crippen molar-refractivity contribution in [3.63, 3.8) is 0 Å². The number of benzene rings is 1. The predicted molar refractivity (Wildman–Crippen MR) is 108 cm³/mol. The maximum absolute atomic E-state index is 13.2. The number of anilines is 1. The lowest BCUT2D eigenvalue weighted by atomic mass is 9.80. The number of amides is 4. The molecule has 2 aromatic rings. The monoisotopic (exact) mass is 397 g/mol. The van der Waals surface area contributed by atoms with Gasteiger partial charge in [0.25, 0.3) is 5.91 Å². The lowest BCUT2D eigenvalue weighted by Gasteiger charge is -2.31. The Balaban J connectivity index is 1.53. The first-order valence-electron chi connectivity index (χ1n) is 9.52. The Bertz CT molecular complexity index is 952. The molecule has 0 radical (unpaired) electrons. The van der Waals surface area contributed by atoms with Crippen molar-refractivity contribution in [2.75, 3.05) is 11.9 Å². The van der Waals surface area contributed by atoms with Gasteiger partial charge in [0.15, 0.2) is 0 Å². The minimum atomic E-state index is -1.01. The van der Waals surface area contributed by atoms with Crippen LogP contribution in [0.15, 0.2) is 35.7 Å². The Morgan fingerprint density at radius 2 is 2.07 bits per heavy atom. The van der Waals surface area contributed by atoms with Gasteiger partial charge in [0.2, 0.25) is 5.91 Å². The second-order valence-electron chi connectivity index (χ2n) is 7.63. The summed E-state index contributed by atoms with van der Waals surface area (Å²) in [5.41, 5.74) is 1.60. The number of carbonyl (C=O) groups is 3. The van der Waals surface area contributed by atoms with Crippen molar-refractivity contribution in [1.29, 1.82) is 0 Å². The summed E-state index contributed by atoms with van der Waals surface area (Å²) < 4.78 is 0. The van der Waals surface area contributed by atoms with Gasteiger partial charge < -0.3 is 10.6 Å². The Morgan fingerprint density at radius 3 is 2.86 bits per heavy atom. The third-order valence-corrected chi connectivity index (χ3v) is 6.48. The second kappa shape index (κ2) is 7.05. The van der Waals surface area contributed by atoms with Gasteiger partial charge in [0, 0.05) is 16.1 Å². The topological polar surface area (TPSA) is 78.5 Å². The average Bonchev–Trinajstić information content (AvgIpc) is 3.23. The number of carbonyl (C=O) groups excluding carboxylic acids is 3. The number of imide groups is 1. The normalized spacial score (nSPS) is 21.2. The molecule has 1 aliphatic heterocycles. The first-order valence-corrected chi connectivity index (χ1v) is 10.4. The van der Waals surface area contributed by atoms with E-state index in [0.29, 0.717) is 12.1 Å². The van der Waals surface area contributed by atoms with Gasteiger partial charge in [-0.25, -0.2) is 4.79 Å². The van der Waals surface area contributed by atoms with Gasteiger partial charge >= 0.3 is 6.03 Å². The van der Waals surface area contributed by atoms with E-state index < -0.39 is 11.6 Å². The third-order valence-electron chi connectivity index (χ3n) is 5.50. The lowest BCUT2D eigenvalue weighted by molar-refractivity contribution is -0.134. The molecule has 1 atom stereocenters. The zero-order valence-corrected chi connectivity index (χ0v) is 16.8. The summed E-state index contributed by atoms with van der Waals surface area (Å²) in [6.07, 6.45) is 2.32. The minimum absolute atomic E-state index is 0.246. The zero-order chi connectivity index (χ0) is 19.9. The summed E-state index contributed by atoms with van der Waals surface area (Å²) in [7, 11) is 0. The van der Waals surface area contributed by atoms with E-state index in [1.54, 1.807) is 11.3 Å². The fourth-order valence-electron chi connectivity index (χ4n) is 4.13. The molecule has 1 unspecified atom stereocenters. The molecule has 1 aromatic carbocycles. The van der Waals surface area contributed by atoms with Crippen LogP contribution in [0.1, 0.15) is 48.6 Å². The summed E-state index contributed by atoms with van der Waals surface area (Å²) in [5.74, 6) is -0.463. The Hall–Kier alpha value is -2.67. The van der Waals surface area contributed by atoms with Crippen LogP contribution in [0, 0.1) is 0 Å². The summed E-state index contributed by atoms with van der Waals surface area (Å²) in [6, 6.07) is 8.98. The molecule has 4 rings (SSSR count). The maximum atomic E-state index is 13.2. The van der Waals surface area contributed by atoms with Gasteiger partial charge in [0.05, 0.1) is 0 Å². The standard InChI is InChI=1S/C21H23N3O3S/c1-13(2)14-6-3-4-7-16(14)22-18(25)12-24-19(26)21(23-20(24)27)10-5-8-17-15(21)9-11-28-17/h3-4,6-7,9,11,13H,5,8,10,12H2,1-2H3,(H,22,25)(H,23,27). The van der Waals surface area contributed by atoms with Gasteiger partial charge in [-0.2, -0.15) is 0 Å². The van der Waals surface area contributed by atoms with Crippen LogP contribution in [-0.2, 0) is 21.5 Å². The number of hydrogen-bond donors (Lipinski definition) is 2. The van der Waals surface area contributed by atoms with Gasteiger partial charge in [-0.05, 0) is 48.3 Å². The molecule has 0 saturated carbocycles. The van der Waals surface area contributed by atoms with E-state index in [2.05, 4.69) is 10.6 Å². The molecule has 146 valence electrons. The van der Waals surface area contributed by atoms with Crippen molar-refractivity contribution < 1.29 is 14.4 Å². The molecule has 6 nitrogen and oxygen atoms in total. The maximum Gasteiger partial charge on any atom is 0.325 e. The molecule has 28 heavy (non-hydrogen) atoms. The van der Waals surface area contributed by atoms with E-state index in [9.17, 15) is 14.4 Å². The summed E-state index contributed by atoms with van der Waals surface area (Å²) in [4.78, 5) is 40.6. The molecule has 1 aromatic heterocycles. The Labute approximate surface area is 167 Å². The van der Waals surface area contributed by atoms with Gasteiger partial charge in [0.1, 0.15) is 12.1 Å². The SMILES string of the molecule is CC(C)c1ccccc1NC(=O)CN1C(=O)NC2(CCCc3sccc32)C1=O. The number of urea groups is 1.